The summed E-state index contributed by atoms with van der Waals surface area (Å²) in [7, 11) is 0. The third kappa shape index (κ3) is 3.42. The van der Waals surface area contributed by atoms with Crippen molar-refractivity contribution in [2.75, 3.05) is 6.61 Å². The van der Waals surface area contributed by atoms with Crippen molar-refractivity contribution in [3.63, 3.8) is 0 Å². The van der Waals surface area contributed by atoms with Gasteiger partial charge >= 0.3 is 0 Å². The van der Waals surface area contributed by atoms with Gasteiger partial charge in [0.1, 0.15) is 6.10 Å². The Morgan fingerprint density at radius 3 is 2.82 bits per heavy atom. The Labute approximate surface area is 100 Å². The monoisotopic (exact) mass is 230 g/mol. The molecule has 0 aromatic heterocycles. The Kier molecular flexibility index (Phi) is 3.92. The maximum absolute atomic E-state index is 11.6. The number of aliphatic hydroxyl groups is 1. The largest absolute Gasteiger partial charge is 0.396 e. The lowest BCUT2D eigenvalue weighted by Crippen LogP contribution is -1.97. The molecule has 1 fully saturated rings. The molecule has 3 nitrogen and oxygen atoms in total. The van der Waals surface area contributed by atoms with Gasteiger partial charge in [-0.15, -0.1) is 0 Å². The fourth-order valence-electron chi connectivity index (χ4n) is 1.58. The van der Waals surface area contributed by atoms with Gasteiger partial charge < -0.3 is 9.84 Å². The van der Waals surface area contributed by atoms with E-state index in [2.05, 4.69) is 11.8 Å². The van der Waals surface area contributed by atoms with Crippen molar-refractivity contribution in [3.8, 4) is 11.8 Å². The van der Waals surface area contributed by atoms with Gasteiger partial charge in [-0.05, 0) is 18.8 Å². The van der Waals surface area contributed by atoms with E-state index < -0.39 is 0 Å². The summed E-state index contributed by atoms with van der Waals surface area (Å²) in [5.74, 6) is 5.22. The molecule has 0 bridgehead atoms. The van der Waals surface area contributed by atoms with E-state index in [1.165, 1.54) is 0 Å². The molecular weight excluding hydrogens is 216 g/mol. The zero-order valence-electron chi connectivity index (χ0n) is 9.43. The Hall–Kier alpha value is -1.63. The highest BCUT2D eigenvalue weighted by molar-refractivity contribution is 6.09. The van der Waals surface area contributed by atoms with Gasteiger partial charge in [0.05, 0.1) is 6.10 Å². The molecule has 0 unspecified atom stereocenters. The average molecular weight is 230 g/mol. The zero-order valence-corrected chi connectivity index (χ0v) is 9.43. The van der Waals surface area contributed by atoms with Crippen molar-refractivity contribution >= 4 is 5.78 Å². The fraction of sp³-hybridized carbons (Fsp3) is 0.357. The van der Waals surface area contributed by atoms with E-state index in [0.29, 0.717) is 5.56 Å². The molecule has 2 atom stereocenters. The minimum Gasteiger partial charge on any atom is -0.396 e. The van der Waals surface area contributed by atoms with Crippen LogP contribution in [0.1, 0.15) is 23.2 Å². The summed E-state index contributed by atoms with van der Waals surface area (Å²) >= 11 is 0. The second kappa shape index (κ2) is 5.62. The summed E-state index contributed by atoms with van der Waals surface area (Å²) in [5.41, 5.74) is 0.604. The number of ether oxygens (including phenoxy) is 1. The first kappa shape index (κ1) is 11.8. The summed E-state index contributed by atoms with van der Waals surface area (Å²) in [6, 6.07) is 8.97. The van der Waals surface area contributed by atoms with Crippen LogP contribution in [0.4, 0.5) is 0 Å². The molecule has 1 saturated heterocycles. The van der Waals surface area contributed by atoms with Crippen molar-refractivity contribution < 1.29 is 14.6 Å². The number of hydrogen-bond acceptors (Lipinski definition) is 3. The van der Waals surface area contributed by atoms with E-state index in [4.69, 9.17) is 9.84 Å². The molecule has 0 saturated carbocycles. The molecule has 1 aliphatic heterocycles. The maximum Gasteiger partial charge on any atom is 0.235 e. The van der Waals surface area contributed by atoms with Crippen LogP contribution in [-0.4, -0.2) is 29.7 Å². The van der Waals surface area contributed by atoms with Crippen molar-refractivity contribution in [3.05, 3.63) is 35.9 Å². The highest BCUT2D eigenvalue weighted by Crippen LogP contribution is 2.25. The second-order valence-corrected chi connectivity index (χ2v) is 3.93. The molecule has 0 spiro atoms. The van der Waals surface area contributed by atoms with Gasteiger partial charge in [-0.1, -0.05) is 36.3 Å². The molecule has 88 valence electrons. The van der Waals surface area contributed by atoms with Crippen LogP contribution in [0.25, 0.3) is 0 Å². The standard InChI is InChI=1S/C14H14O3/c15-10-4-7-13-14(17-13)9-8-12(16)11-5-2-1-3-6-11/h1-3,5-6,13-15H,4,7,10H2/t13-,14-/m1/s1. The van der Waals surface area contributed by atoms with E-state index >= 15 is 0 Å². The molecule has 1 aromatic rings. The number of hydrogen-bond donors (Lipinski definition) is 1. The predicted molar refractivity (Wildman–Crippen MR) is 63.5 cm³/mol. The van der Waals surface area contributed by atoms with Gasteiger partial charge in [0.2, 0.25) is 5.78 Å². The van der Waals surface area contributed by atoms with Crippen LogP contribution in [0.3, 0.4) is 0 Å². The lowest BCUT2D eigenvalue weighted by atomic mass is 10.1. The molecule has 0 radical (unpaired) electrons. The number of benzene rings is 1. The van der Waals surface area contributed by atoms with Crippen LogP contribution >= 0.6 is 0 Å². The predicted octanol–water partition coefficient (Wildman–Crippen LogP) is 1.41. The second-order valence-electron chi connectivity index (χ2n) is 3.93. The van der Waals surface area contributed by atoms with Crippen LogP contribution in [-0.2, 0) is 4.74 Å². The fourth-order valence-corrected chi connectivity index (χ4v) is 1.58. The summed E-state index contributed by atoms with van der Waals surface area (Å²) in [6.45, 7) is 0.170. The highest BCUT2D eigenvalue weighted by atomic mass is 16.6. The van der Waals surface area contributed by atoms with Gasteiger partial charge in [0, 0.05) is 12.2 Å². The van der Waals surface area contributed by atoms with Crippen molar-refractivity contribution in [2.24, 2.45) is 0 Å². The van der Waals surface area contributed by atoms with Gasteiger partial charge in [-0.2, -0.15) is 0 Å². The molecule has 1 N–H and O–H groups in total. The Balaban J connectivity index is 1.85. The number of rotatable bonds is 4. The average Bonchev–Trinajstić information content (AvgIpc) is 3.13. The SMILES string of the molecule is O=C(C#C[C@H]1O[C@@H]1CCCO)c1ccccc1. The van der Waals surface area contributed by atoms with Crippen LogP contribution in [0.2, 0.25) is 0 Å². The van der Waals surface area contributed by atoms with Gasteiger partial charge in [0.25, 0.3) is 0 Å². The van der Waals surface area contributed by atoms with E-state index in [9.17, 15) is 4.79 Å². The molecular formula is C14H14O3. The molecule has 1 aliphatic rings. The first-order valence-electron chi connectivity index (χ1n) is 5.68. The topological polar surface area (TPSA) is 49.8 Å². The van der Waals surface area contributed by atoms with Crippen molar-refractivity contribution in [1.82, 2.24) is 0 Å². The zero-order chi connectivity index (χ0) is 12.1. The van der Waals surface area contributed by atoms with Crippen molar-refractivity contribution in [2.45, 2.75) is 25.0 Å². The molecule has 1 aromatic carbocycles. The summed E-state index contributed by atoms with van der Waals surface area (Å²) in [4.78, 5) is 11.6. The first-order valence-corrected chi connectivity index (χ1v) is 5.68. The maximum atomic E-state index is 11.6. The number of aliphatic hydroxyl groups excluding tert-OH is 1. The quantitative estimate of drug-likeness (QED) is 0.368. The Morgan fingerprint density at radius 2 is 2.12 bits per heavy atom. The molecule has 2 rings (SSSR count). The van der Waals surface area contributed by atoms with Crippen LogP contribution in [0.15, 0.2) is 30.3 Å². The summed E-state index contributed by atoms with van der Waals surface area (Å²) in [5, 5.41) is 8.65. The molecule has 17 heavy (non-hydrogen) atoms. The Bertz CT molecular complexity index is 442. The van der Waals surface area contributed by atoms with Gasteiger partial charge in [-0.3, -0.25) is 4.79 Å². The normalized spacial score (nSPS) is 21.5. The lowest BCUT2D eigenvalue weighted by molar-refractivity contribution is 0.105. The molecule has 1 heterocycles. The molecule has 0 amide bonds. The summed E-state index contributed by atoms with van der Waals surface area (Å²) < 4.78 is 5.27. The number of carbonyl (C=O) groups excluding carboxylic acids is 1. The van der Waals surface area contributed by atoms with Gasteiger partial charge in [0.15, 0.2) is 0 Å². The van der Waals surface area contributed by atoms with Crippen LogP contribution in [0, 0.1) is 11.8 Å². The van der Waals surface area contributed by atoms with E-state index in [1.807, 2.05) is 18.2 Å². The van der Waals surface area contributed by atoms with E-state index in [-0.39, 0.29) is 24.6 Å². The lowest BCUT2D eigenvalue weighted by Gasteiger charge is -1.90. The third-order valence-corrected chi connectivity index (χ3v) is 2.59. The minimum atomic E-state index is -0.179. The number of carbonyl (C=O) groups is 1. The number of ketones is 1. The van der Waals surface area contributed by atoms with Crippen molar-refractivity contribution in [1.29, 1.82) is 0 Å². The Morgan fingerprint density at radius 1 is 1.35 bits per heavy atom. The van der Waals surface area contributed by atoms with Crippen LogP contribution < -0.4 is 0 Å². The summed E-state index contributed by atoms with van der Waals surface area (Å²) in [6.07, 6.45) is 1.48. The first-order chi connectivity index (χ1) is 8.31. The number of Topliss-reactive ketones (excluding diaryl/α,β-unsaturated/α-hetero) is 1. The van der Waals surface area contributed by atoms with E-state index in [1.54, 1.807) is 12.1 Å². The smallest absolute Gasteiger partial charge is 0.235 e. The van der Waals surface area contributed by atoms with E-state index in [0.717, 1.165) is 12.8 Å². The minimum absolute atomic E-state index is 0.0956. The van der Waals surface area contributed by atoms with Crippen LogP contribution in [0.5, 0.6) is 0 Å². The third-order valence-electron chi connectivity index (χ3n) is 2.59. The molecule has 3 heteroatoms. The highest BCUT2D eigenvalue weighted by Gasteiger charge is 2.36. The molecule has 0 aliphatic carbocycles. The van der Waals surface area contributed by atoms with Gasteiger partial charge in [-0.25, -0.2) is 0 Å². The number of epoxide rings is 1.